The Hall–Kier alpha value is -1.51. The van der Waals surface area contributed by atoms with Gasteiger partial charge < -0.3 is 9.64 Å². The summed E-state index contributed by atoms with van der Waals surface area (Å²) in [4.78, 5) is 12.4. The number of benzene rings is 1. The molecule has 0 aliphatic rings. The van der Waals surface area contributed by atoms with Gasteiger partial charge in [-0.15, -0.1) is 0 Å². The van der Waals surface area contributed by atoms with Gasteiger partial charge in [-0.25, -0.2) is 4.79 Å². The molecule has 0 unspecified atom stereocenters. The van der Waals surface area contributed by atoms with Crippen LogP contribution in [0.25, 0.3) is 0 Å². The Labute approximate surface area is 77.9 Å². The molecule has 1 aromatic rings. The fourth-order valence-electron chi connectivity index (χ4n) is 0.848. The van der Waals surface area contributed by atoms with Crippen molar-refractivity contribution in [1.82, 2.24) is 4.90 Å². The first kappa shape index (κ1) is 9.58. The molecular weight excluding hydrogens is 169 g/mol. The lowest BCUT2D eigenvalue weighted by molar-refractivity contribution is 0.112. The molecule has 13 heavy (non-hydrogen) atoms. The highest BCUT2D eigenvalue weighted by atomic mass is 16.6. The SMILES string of the molecule is [13CH3][15N]([13CH3])C(=O)OCc1ccccc1. The second kappa shape index (κ2) is 4.50. The number of hydrogen-bond donors (Lipinski definition) is 0. The number of hydrogen-bond acceptors (Lipinski definition) is 2. The first-order chi connectivity index (χ1) is 6.20. The molecule has 1 amide bonds. The van der Waals surface area contributed by atoms with Crippen molar-refractivity contribution in [1.29, 1.82) is 0 Å². The smallest absolute Gasteiger partial charge is 0.409 e. The number of carbonyl (C=O) groups excluding carboxylic acids is 1. The summed E-state index contributed by atoms with van der Waals surface area (Å²) < 4.78 is 4.98. The minimum atomic E-state index is -0.316. The van der Waals surface area contributed by atoms with Crippen molar-refractivity contribution in [3.63, 3.8) is 0 Å². The molecule has 0 aliphatic carbocycles. The number of rotatable bonds is 2. The van der Waals surface area contributed by atoms with Crippen LogP contribution in [-0.4, -0.2) is 25.1 Å². The van der Waals surface area contributed by atoms with Gasteiger partial charge in [-0.05, 0) is 5.56 Å². The number of amides is 1. The number of carbonyl (C=O) groups is 1. The van der Waals surface area contributed by atoms with Crippen LogP contribution in [0.4, 0.5) is 4.79 Å². The largest absolute Gasteiger partial charge is 0.445 e. The zero-order chi connectivity index (χ0) is 9.68. The standard InChI is InChI=1S/C10H13NO2/c1-11(2)10(12)13-8-9-6-4-3-5-7-9/h3-7H,8H2,1-2H3/i1+1,2+1,11+1. The van der Waals surface area contributed by atoms with Crippen molar-refractivity contribution in [3.05, 3.63) is 35.9 Å². The summed E-state index contributed by atoms with van der Waals surface area (Å²) in [5, 5.41) is 0. The molecule has 0 saturated carbocycles. The van der Waals surface area contributed by atoms with Crippen LogP contribution in [0.1, 0.15) is 5.56 Å². The lowest BCUT2D eigenvalue weighted by Gasteiger charge is -2.10. The molecule has 0 aliphatic heterocycles. The van der Waals surface area contributed by atoms with Gasteiger partial charge in [0, 0.05) is 14.1 Å². The quantitative estimate of drug-likeness (QED) is 0.516. The van der Waals surface area contributed by atoms with E-state index in [-0.39, 0.29) is 6.09 Å². The predicted molar refractivity (Wildman–Crippen MR) is 50.3 cm³/mol. The van der Waals surface area contributed by atoms with Crippen LogP contribution in [0.15, 0.2) is 30.3 Å². The fraction of sp³-hybridized carbons (Fsp3) is 0.300. The van der Waals surface area contributed by atoms with Gasteiger partial charge in [-0.3, -0.25) is 0 Å². The molecule has 3 heteroatoms. The highest BCUT2D eigenvalue weighted by Gasteiger charge is 2.03. The fourth-order valence-corrected chi connectivity index (χ4v) is 0.848. The molecule has 0 atom stereocenters. The Morgan fingerprint density at radius 3 is 2.46 bits per heavy atom. The van der Waals surface area contributed by atoms with Gasteiger partial charge in [0.1, 0.15) is 6.61 Å². The van der Waals surface area contributed by atoms with Gasteiger partial charge in [-0.2, -0.15) is 0 Å². The molecule has 0 N–H and O–H groups in total. The van der Waals surface area contributed by atoms with Crippen LogP contribution < -0.4 is 0 Å². The van der Waals surface area contributed by atoms with Crippen LogP contribution in [0.2, 0.25) is 0 Å². The Kier molecular flexibility index (Phi) is 3.31. The normalized spacial score (nSPS) is 9.38. The molecule has 0 fully saturated rings. The second-order valence-electron chi connectivity index (χ2n) is 2.93. The zero-order valence-electron chi connectivity index (χ0n) is 7.86. The molecule has 0 aromatic heterocycles. The topological polar surface area (TPSA) is 29.5 Å². The average molecular weight is 182 g/mol. The summed E-state index contributed by atoms with van der Waals surface area (Å²) in [6.45, 7) is 0.331. The van der Waals surface area contributed by atoms with Gasteiger partial charge in [0.05, 0.1) is 0 Å². The predicted octanol–water partition coefficient (Wildman–Crippen LogP) is 1.88. The Morgan fingerprint density at radius 2 is 1.92 bits per heavy atom. The Morgan fingerprint density at radius 1 is 1.31 bits per heavy atom. The summed E-state index contributed by atoms with van der Waals surface area (Å²) in [7, 11) is 3.32. The second-order valence-corrected chi connectivity index (χ2v) is 2.93. The van der Waals surface area contributed by atoms with E-state index in [9.17, 15) is 4.79 Å². The summed E-state index contributed by atoms with van der Waals surface area (Å²) in [5.41, 5.74) is 0.998. The van der Waals surface area contributed by atoms with E-state index in [4.69, 9.17) is 4.74 Å². The minimum Gasteiger partial charge on any atom is -0.445 e. The molecule has 0 radical (unpaired) electrons. The number of ether oxygens (including phenoxy) is 1. The van der Waals surface area contributed by atoms with Crippen LogP contribution >= 0.6 is 0 Å². The van der Waals surface area contributed by atoms with Gasteiger partial charge in [0.2, 0.25) is 0 Å². The van der Waals surface area contributed by atoms with Crippen molar-refractivity contribution in [3.8, 4) is 0 Å². The first-order valence-corrected chi connectivity index (χ1v) is 4.08. The van der Waals surface area contributed by atoms with Crippen molar-refractivity contribution < 1.29 is 9.53 Å². The maximum Gasteiger partial charge on any atom is 0.409 e. The lowest BCUT2D eigenvalue weighted by atomic mass is 10.2. The minimum absolute atomic E-state index is 0.316. The Bertz CT molecular complexity index is 270. The maximum absolute atomic E-state index is 11.0. The molecule has 3 nitrogen and oxygen atoms in total. The Balaban J connectivity index is 2.40. The van der Waals surface area contributed by atoms with E-state index >= 15 is 0 Å². The van der Waals surface area contributed by atoms with E-state index in [1.54, 1.807) is 14.1 Å². The van der Waals surface area contributed by atoms with Crippen LogP contribution in [0, 0.1) is 0 Å². The van der Waals surface area contributed by atoms with Gasteiger partial charge in [0.25, 0.3) is 0 Å². The van der Waals surface area contributed by atoms with E-state index in [2.05, 4.69) is 0 Å². The summed E-state index contributed by atoms with van der Waals surface area (Å²) in [5.74, 6) is 0. The highest BCUT2D eigenvalue weighted by molar-refractivity contribution is 5.66. The van der Waals surface area contributed by atoms with Crippen molar-refractivity contribution >= 4 is 6.09 Å². The molecular formula is C10H13NO2. The third kappa shape index (κ3) is 3.15. The summed E-state index contributed by atoms with van der Waals surface area (Å²) in [6, 6.07) is 9.60. The van der Waals surface area contributed by atoms with Crippen LogP contribution in [-0.2, 0) is 11.3 Å². The van der Waals surface area contributed by atoms with Crippen molar-refractivity contribution in [2.75, 3.05) is 14.1 Å². The molecule has 0 heterocycles. The van der Waals surface area contributed by atoms with E-state index in [1.807, 2.05) is 30.3 Å². The molecule has 1 rings (SSSR count). The molecule has 0 bridgehead atoms. The third-order valence-corrected chi connectivity index (χ3v) is 1.57. The number of nitrogens with zero attached hydrogens (tertiary/aromatic N) is 1. The summed E-state index contributed by atoms with van der Waals surface area (Å²) in [6.07, 6.45) is -0.316. The van der Waals surface area contributed by atoms with Gasteiger partial charge in [0.15, 0.2) is 0 Å². The van der Waals surface area contributed by atoms with Crippen molar-refractivity contribution in [2.24, 2.45) is 0 Å². The molecule has 0 saturated heterocycles. The average Bonchev–Trinajstić information content (AvgIpc) is 2.15. The third-order valence-electron chi connectivity index (χ3n) is 1.57. The van der Waals surface area contributed by atoms with E-state index in [0.717, 1.165) is 5.56 Å². The highest BCUT2D eigenvalue weighted by Crippen LogP contribution is 2.01. The van der Waals surface area contributed by atoms with Crippen LogP contribution in [0.5, 0.6) is 0 Å². The monoisotopic (exact) mass is 182 g/mol. The summed E-state index contributed by atoms with van der Waals surface area (Å²) >= 11 is 0. The molecule has 0 spiro atoms. The maximum atomic E-state index is 11.0. The first-order valence-electron chi connectivity index (χ1n) is 4.08. The zero-order valence-corrected chi connectivity index (χ0v) is 7.86. The van der Waals surface area contributed by atoms with Gasteiger partial charge >= 0.3 is 6.09 Å². The van der Waals surface area contributed by atoms with Crippen molar-refractivity contribution in [2.45, 2.75) is 6.61 Å². The van der Waals surface area contributed by atoms with E-state index in [1.165, 1.54) is 4.90 Å². The molecule has 1 aromatic carbocycles. The van der Waals surface area contributed by atoms with Gasteiger partial charge in [-0.1, -0.05) is 30.3 Å². The van der Waals surface area contributed by atoms with Crippen LogP contribution in [0.3, 0.4) is 0 Å². The lowest BCUT2D eigenvalue weighted by Crippen LogP contribution is -2.22. The molecule has 70 valence electrons. The van der Waals surface area contributed by atoms with E-state index < -0.39 is 0 Å². The van der Waals surface area contributed by atoms with E-state index in [0.29, 0.717) is 6.61 Å².